The predicted octanol–water partition coefficient (Wildman–Crippen LogP) is 3.89. The van der Waals surface area contributed by atoms with Gasteiger partial charge in [-0.1, -0.05) is 42.5 Å². The second kappa shape index (κ2) is 8.14. The minimum absolute atomic E-state index is 0.0401. The molecule has 1 aliphatic rings. The largest absolute Gasteiger partial charge is 0.421 e. The lowest BCUT2D eigenvalue weighted by Gasteiger charge is -2.25. The van der Waals surface area contributed by atoms with Crippen molar-refractivity contribution in [3.8, 4) is 22.6 Å². The molecule has 3 aromatic rings. The number of carbonyl (C=O) groups excluding carboxylic acids is 1. The van der Waals surface area contributed by atoms with E-state index in [9.17, 15) is 4.79 Å². The molecule has 6 nitrogen and oxygen atoms in total. The monoisotopic (exact) mass is 363 g/mol. The zero-order valence-electron chi connectivity index (χ0n) is 15.0. The number of aryl methyl sites for hydroxylation is 1. The molecule has 6 heteroatoms. The molecule has 4 rings (SSSR count). The van der Waals surface area contributed by atoms with Crippen molar-refractivity contribution in [1.82, 2.24) is 15.3 Å². The molecule has 0 N–H and O–H groups in total. The fourth-order valence-electron chi connectivity index (χ4n) is 3.04. The Morgan fingerprint density at radius 3 is 2.41 bits per heavy atom. The summed E-state index contributed by atoms with van der Waals surface area (Å²) in [5.74, 6) is 0.885. The number of amides is 1. The number of benzene rings is 2. The molecule has 1 aromatic heterocycles. The maximum atomic E-state index is 12.1. The Labute approximate surface area is 157 Å². The van der Waals surface area contributed by atoms with Gasteiger partial charge in [0.25, 0.3) is 0 Å². The van der Waals surface area contributed by atoms with E-state index < -0.39 is 0 Å². The molecule has 0 saturated carbocycles. The lowest BCUT2D eigenvalue weighted by molar-refractivity contribution is -0.197. The van der Waals surface area contributed by atoms with Crippen LogP contribution in [0.3, 0.4) is 0 Å². The van der Waals surface area contributed by atoms with Gasteiger partial charge in [-0.15, -0.1) is 10.2 Å². The Morgan fingerprint density at radius 1 is 0.926 bits per heavy atom. The minimum Gasteiger partial charge on any atom is -0.421 e. The molecule has 0 aliphatic carbocycles. The maximum Gasteiger partial charge on any atom is 0.247 e. The zero-order valence-corrected chi connectivity index (χ0v) is 15.0. The highest BCUT2D eigenvalue weighted by atomic mass is 16.7. The Balaban J connectivity index is 1.38. The highest BCUT2D eigenvalue weighted by molar-refractivity contribution is 5.75. The van der Waals surface area contributed by atoms with E-state index in [1.165, 1.54) is 5.06 Å². The van der Waals surface area contributed by atoms with E-state index in [1.807, 2.05) is 42.5 Å². The molecule has 1 fully saturated rings. The van der Waals surface area contributed by atoms with Crippen molar-refractivity contribution in [3.05, 3.63) is 60.5 Å². The van der Waals surface area contributed by atoms with E-state index in [1.54, 1.807) is 0 Å². The number of aromatic nitrogens is 2. The summed E-state index contributed by atoms with van der Waals surface area (Å²) < 4.78 is 5.72. The first kappa shape index (κ1) is 17.4. The molecule has 0 spiro atoms. The molecule has 0 bridgehead atoms. The van der Waals surface area contributed by atoms with Gasteiger partial charge in [0.2, 0.25) is 17.7 Å². The topological polar surface area (TPSA) is 68.5 Å². The summed E-state index contributed by atoms with van der Waals surface area (Å²) in [7, 11) is 0. The summed E-state index contributed by atoms with van der Waals surface area (Å²) in [5, 5.41) is 9.62. The molecule has 0 atom stereocenters. The number of nitrogens with zero attached hydrogens (tertiary/aromatic N) is 3. The van der Waals surface area contributed by atoms with Crippen LogP contribution in [0, 0.1) is 0 Å². The second-order valence-electron chi connectivity index (χ2n) is 6.48. The number of hydroxylamine groups is 2. The molecule has 2 aromatic carbocycles. The lowest BCUT2D eigenvalue weighted by atomic mass is 10.0. The van der Waals surface area contributed by atoms with E-state index in [0.29, 0.717) is 37.8 Å². The zero-order chi connectivity index (χ0) is 18.5. The van der Waals surface area contributed by atoms with Gasteiger partial charge >= 0.3 is 0 Å². The third-order valence-electron chi connectivity index (χ3n) is 4.54. The Bertz CT molecular complexity index is 885. The van der Waals surface area contributed by atoms with E-state index in [0.717, 1.165) is 29.5 Å². The molecule has 1 amide bonds. The maximum absolute atomic E-state index is 12.1. The number of carbonyl (C=O) groups is 1. The normalized spacial score (nSPS) is 14.3. The molecule has 138 valence electrons. The van der Waals surface area contributed by atoms with Crippen LogP contribution in [0.5, 0.6) is 0 Å². The summed E-state index contributed by atoms with van der Waals surface area (Å²) in [6.45, 7) is 1.26. The minimum atomic E-state index is -0.0401. The Kier molecular flexibility index (Phi) is 5.25. The standard InChI is InChI=1S/C21H21N3O3/c25-20(24-14-4-5-15-26-24)13-12-19-22-23-21(27-19)18-10-8-17(9-11-18)16-6-2-1-3-7-16/h1-3,6-11H,4-5,12-15H2. The van der Waals surface area contributed by atoms with E-state index in [4.69, 9.17) is 9.25 Å². The summed E-state index contributed by atoms with van der Waals surface area (Å²) in [6, 6.07) is 18.2. The summed E-state index contributed by atoms with van der Waals surface area (Å²) in [5.41, 5.74) is 3.15. The molecule has 0 unspecified atom stereocenters. The highest BCUT2D eigenvalue weighted by Gasteiger charge is 2.18. The van der Waals surface area contributed by atoms with Crippen LogP contribution in [-0.2, 0) is 16.1 Å². The fraction of sp³-hybridized carbons (Fsp3) is 0.286. The lowest BCUT2D eigenvalue weighted by Crippen LogP contribution is -2.35. The van der Waals surface area contributed by atoms with Gasteiger partial charge in [0.1, 0.15) is 0 Å². The van der Waals surface area contributed by atoms with Crippen molar-refractivity contribution in [3.63, 3.8) is 0 Å². The molecule has 1 aliphatic heterocycles. The molecule has 2 heterocycles. The first-order chi connectivity index (χ1) is 13.3. The predicted molar refractivity (Wildman–Crippen MR) is 100 cm³/mol. The molecule has 1 saturated heterocycles. The van der Waals surface area contributed by atoms with Gasteiger partial charge in [-0.3, -0.25) is 9.63 Å². The van der Waals surface area contributed by atoms with Gasteiger partial charge in [-0.25, -0.2) is 5.06 Å². The van der Waals surface area contributed by atoms with Gasteiger partial charge in [0.15, 0.2) is 0 Å². The SMILES string of the molecule is O=C(CCc1nnc(-c2ccc(-c3ccccc3)cc2)o1)N1CCCCO1. The van der Waals surface area contributed by atoms with Crippen LogP contribution in [0.1, 0.15) is 25.2 Å². The van der Waals surface area contributed by atoms with E-state index in [2.05, 4.69) is 22.3 Å². The number of hydrogen-bond acceptors (Lipinski definition) is 5. The van der Waals surface area contributed by atoms with Crippen molar-refractivity contribution >= 4 is 5.91 Å². The van der Waals surface area contributed by atoms with E-state index in [-0.39, 0.29) is 5.91 Å². The van der Waals surface area contributed by atoms with Gasteiger partial charge in [0.05, 0.1) is 6.61 Å². The molecular formula is C21H21N3O3. The average Bonchev–Trinajstić information content (AvgIpc) is 3.22. The van der Waals surface area contributed by atoms with E-state index >= 15 is 0 Å². The van der Waals surface area contributed by atoms with Gasteiger partial charge in [-0.05, 0) is 36.1 Å². The second-order valence-corrected chi connectivity index (χ2v) is 6.48. The van der Waals surface area contributed by atoms with Gasteiger partial charge in [0, 0.05) is 24.9 Å². The summed E-state index contributed by atoms with van der Waals surface area (Å²) in [6.07, 6.45) is 2.69. The van der Waals surface area contributed by atoms with Crippen molar-refractivity contribution in [2.24, 2.45) is 0 Å². The van der Waals surface area contributed by atoms with Crippen LogP contribution in [0.4, 0.5) is 0 Å². The third kappa shape index (κ3) is 4.23. The highest BCUT2D eigenvalue weighted by Crippen LogP contribution is 2.24. The van der Waals surface area contributed by atoms with Crippen LogP contribution >= 0.6 is 0 Å². The molecular weight excluding hydrogens is 342 g/mol. The average molecular weight is 363 g/mol. The quantitative estimate of drug-likeness (QED) is 0.688. The number of rotatable bonds is 5. The third-order valence-corrected chi connectivity index (χ3v) is 4.54. The summed E-state index contributed by atoms with van der Waals surface area (Å²) in [4.78, 5) is 17.5. The van der Waals surface area contributed by atoms with Gasteiger partial charge in [-0.2, -0.15) is 0 Å². The first-order valence-electron chi connectivity index (χ1n) is 9.21. The molecule has 0 radical (unpaired) electrons. The Hall–Kier alpha value is -2.99. The van der Waals surface area contributed by atoms with Crippen molar-refractivity contribution in [2.45, 2.75) is 25.7 Å². The van der Waals surface area contributed by atoms with Crippen molar-refractivity contribution in [1.29, 1.82) is 0 Å². The first-order valence-corrected chi connectivity index (χ1v) is 9.21. The number of hydrogen-bond donors (Lipinski definition) is 0. The van der Waals surface area contributed by atoms with Crippen molar-refractivity contribution < 1.29 is 14.0 Å². The Morgan fingerprint density at radius 2 is 1.67 bits per heavy atom. The van der Waals surface area contributed by atoms with Gasteiger partial charge < -0.3 is 4.42 Å². The fourth-order valence-corrected chi connectivity index (χ4v) is 3.04. The molecule has 27 heavy (non-hydrogen) atoms. The smallest absolute Gasteiger partial charge is 0.247 e. The summed E-state index contributed by atoms with van der Waals surface area (Å²) >= 11 is 0. The van der Waals surface area contributed by atoms with Crippen LogP contribution in [-0.4, -0.2) is 34.3 Å². The van der Waals surface area contributed by atoms with Crippen LogP contribution in [0.15, 0.2) is 59.0 Å². The van der Waals surface area contributed by atoms with Crippen LogP contribution in [0.2, 0.25) is 0 Å². The van der Waals surface area contributed by atoms with Crippen molar-refractivity contribution in [2.75, 3.05) is 13.2 Å². The van der Waals surface area contributed by atoms with Crippen LogP contribution < -0.4 is 0 Å². The van der Waals surface area contributed by atoms with Crippen LogP contribution in [0.25, 0.3) is 22.6 Å².